The first-order valence-electron chi connectivity index (χ1n) is 7.68. The van der Waals surface area contributed by atoms with Crippen molar-refractivity contribution in [3.63, 3.8) is 0 Å². The standard InChI is InChI=1S/C18H22ClN3O/c1-14-3-4-16(19)13-17(14)21-18(23)8-12-22(2)11-7-15-5-9-20-10-6-15/h3-6,9-10,13H,7-8,11-12H2,1-2H3,(H,21,23). The largest absolute Gasteiger partial charge is 0.326 e. The molecule has 4 nitrogen and oxygen atoms in total. The van der Waals surface area contributed by atoms with Gasteiger partial charge in [-0.1, -0.05) is 17.7 Å². The second-order valence-corrected chi connectivity index (χ2v) is 6.10. The van der Waals surface area contributed by atoms with E-state index in [0.29, 0.717) is 11.4 Å². The van der Waals surface area contributed by atoms with E-state index in [-0.39, 0.29) is 5.91 Å². The summed E-state index contributed by atoms with van der Waals surface area (Å²) in [5, 5.41) is 3.55. The first-order chi connectivity index (χ1) is 11.0. The molecule has 0 unspecified atom stereocenters. The van der Waals surface area contributed by atoms with Crippen molar-refractivity contribution in [1.29, 1.82) is 0 Å². The van der Waals surface area contributed by atoms with E-state index in [4.69, 9.17) is 11.6 Å². The number of aromatic nitrogens is 1. The maximum atomic E-state index is 12.1. The third-order valence-corrected chi connectivity index (χ3v) is 3.96. The Bertz CT molecular complexity index is 646. The minimum atomic E-state index is 0.00567. The fraction of sp³-hybridized carbons (Fsp3) is 0.333. The second kappa shape index (κ2) is 8.65. The molecular formula is C18H22ClN3O. The van der Waals surface area contributed by atoms with E-state index in [1.54, 1.807) is 18.5 Å². The number of carbonyl (C=O) groups is 1. The van der Waals surface area contributed by atoms with Crippen LogP contribution in [0.2, 0.25) is 5.02 Å². The molecule has 1 heterocycles. The van der Waals surface area contributed by atoms with Gasteiger partial charge in [0.15, 0.2) is 0 Å². The van der Waals surface area contributed by atoms with Crippen molar-refractivity contribution >= 4 is 23.2 Å². The highest BCUT2D eigenvalue weighted by molar-refractivity contribution is 6.31. The number of halogens is 1. The summed E-state index contributed by atoms with van der Waals surface area (Å²) in [6.45, 7) is 3.58. The van der Waals surface area contributed by atoms with Crippen LogP contribution in [0.5, 0.6) is 0 Å². The summed E-state index contributed by atoms with van der Waals surface area (Å²) in [4.78, 5) is 18.2. The summed E-state index contributed by atoms with van der Waals surface area (Å²) in [5.74, 6) is 0.00567. The number of hydrogen-bond acceptors (Lipinski definition) is 3. The van der Waals surface area contributed by atoms with Crippen molar-refractivity contribution < 1.29 is 4.79 Å². The summed E-state index contributed by atoms with van der Waals surface area (Å²) in [5.41, 5.74) is 3.04. The number of benzene rings is 1. The van der Waals surface area contributed by atoms with Crippen LogP contribution < -0.4 is 5.32 Å². The molecule has 1 amide bonds. The molecule has 2 aromatic rings. The minimum Gasteiger partial charge on any atom is -0.326 e. The van der Waals surface area contributed by atoms with Gasteiger partial charge in [0.2, 0.25) is 5.91 Å². The van der Waals surface area contributed by atoms with Gasteiger partial charge in [0.25, 0.3) is 0 Å². The molecule has 122 valence electrons. The lowest BCUT2D eigenvalue weighted by Crippen LogP contribution is -2.26. The number of amides is 1. The predicted molar refractivity (Wildman–Crippen MR) is 94.9 cm³/mol. The molecule has 2 rings (SSSR count). The molecule has 0 atom stereocenters. The Hall–Kier alpha value is -1.91. The molecule has 0 radical (unpaired) electrons. The Morgan fingerprint density at radius 3 is 2.70 bits per heavy atom. The van der Waals surface area contributed by atoms with E-state index < -0.39 is 0 Å². The van der Waals surface area contributed by atoms with Crippen molar-refractivity contribution in [3.05, 3.63) is 58.9 Å². The smallest absolute Gasteiger partial charge is 0.225 e. The normalized spacial score (nSPS) is 10.8. The number of pyridine rings is 1. The van der Waals surface area contributed by atoms with Crippen molar-refractivity contribution in [2.24, 2.45) is 0 Å². The Morgan fingerprint density at radius 1 is 1.22 bits per heavy atom. The number of carbonyl (C=O) groups excluding carboxylic acids is 1. The number of hydrogen-bond donors (Lipinski definition) is 1. The second-order valence-electron chi connectivity index (χ2n) is 5.67. The van der Waals surface area contributed by atoms with Crippen molar-refractivity contribution in [2.75, 3.05) is 25.5 Å². The van der Waals surface area contributed by atoms with Crippen molar-refractivity contribution in [2.45, 2.75) is 19.8 Å². The van der Waals surface area contributed by atoms with Crippen LogP contribution >= 0.6 is 11.6 Å². The van der Waals surface area contributed by atoms with Gasteiger partial charge < -0.3 is 10.2 Å². The average molecular weight is 332 g/mol. The van der Waals surface area contributed by atoms with Gasteiger partial charge in [-0.25, -0.2) is 0 Å². The Balaban J connectivity index is 1.74. The van der Waals surface area contributed by atoms with Crippen molar-refractivity contribution in [3.8, 4) is 0 Å². The SMILES string of the molecule is Cc1ccc(Cl)cc1NC(=O)CCN(C)CCc1ccncc1. The van der Waals surface area contributed by atoms with E-state index in [0.717, 1.165) is 30.8 Å². The first-order valence-corrected chi connectivity index (χ1v) is 8.06. The zero-order valence-electron chi connectivity index (χ0n) is 13.6. The fourth-order valence-corrected chi connectivity index (χ4v) is 2.39. The van der Waals surface area contributed by atoms with E-state index >= 15 is 0 Å². The molecule has 0 saturated heterocycles. The number of rotatable bonds is 7. The molecule has 0 saturated carbocycles. The summed E-state index contributed by atoms with van der Waals surface area (Å²) in [6.07, 6.45) is 5.01. The third kappa shape index (κ3) is 6.00. The van der Waals surface area contributed by atoms with Crippen molar-refractivity contribution in [1.82, 2.24) is 9.88 Å². The first kappa shape index (κ1) is 17.4. The maximum Gasteiger partial charge on any atom is 0.225 e. The molecule has 23 heavy (non-hydrogen) atoms. The molecule has 0 fully saturated rings. The topological polar surface area (TPSA) is 45.2 Å². The van der Waals surface area contributed by atoms with Crippen LogP contribution in [0.3, 0.4) is 0 Å². The molecule has 0 bridgehead atoms. The molecule has 0 aliphatic heterocycles. The molecule has 1 aromatic heterocycles. The molecular weight excluding hydrogens is 310 g/mol. The molecule has 0 spiro atoms. The minimum absolute atomic E-state index is 0.00567. The number of anilines is 1. The number of likely N-dealkylation sites (N-methyl/N-ethyl adjacent to an activating group) is 1. The van der Waals surface area contributed by atoms with Crippen LogP contribution in [0, 0.1) is 6.92 Å². The van der Waals surface area contributed by atoms with E-state index in [1.165, 1.54) is 5.56 Å². The lowest BCUT2D eigenvalue weighted by Gasteiger charge is -2.16. The van der Waals surface area contributed by atoms with Gasteiger partial charge in [0, 0.05) is 42.6 Å². The van der Waals surface area contributed by atoms with E-state index in [1.807, 2.05) is 38.2 Å². The Morgan fingerprint density at radius 2 is 1.96 bits per heavy atom. The highest BCUT2D eigenvalue weighted by Crippen LogP contribution is 2.20. The van der Waals surface area contributed by atoms with Gasteiger partial charge in [-0.2, -0.15) is 0 Å². The van der Waals surface area contributed by atoms with Crippen LogP contribution in [0.1, 0.15) is 17.5 Å². The van der Waals surface area contributed by atoms with Crippen LogP contribution in [0.15, 0.2) is 42.7 Å². The number of nitrogens with zero attached hydrogens (tertiary/aromatic N) is 2. The zero-order chi connectivity index (χ0) is 16.7. The van der Waals surface area contributed by atoms with Gasteiger partial charge in [-0.15, -0.1) is 0 Å². The molecule has 1 aromatic carbocycles. The van der Waals surface area contributed by atoms with Crippen LogP contribution in [-0.2, 0) is 11.2 Å². The van der Waals surface area contributed by atoms with E-state index in [9.17, 15) is 4.79 Å². The predicted octanol–water partition coefficient (Wildman–Crippen LogP) is 3.55. The lowest BCUT2D eigenvalue weighted by atomic mass is 10.2. The number of aryl methyl sites for hydroxylation is 1. The summed E-state index contributed by atoms with van der Waals surface area (Å²) >= 11 is 5.96. The van der Waals surface area contributed by atoms with Gasteiger partial charge in [0.1, 0.15) is 0 Å². The van der Waals surface area contributed by atoms with Gasteiger partial charge >= 0.3 is 0 Å². The Kier molecular flexibility index (Phi) is 6.56. The Labute approximate surface area is 142 Å². The summed E-state index contributed by atoms with van der Waals surface area (Å²) < 4.78 is 0. The van der Waals surface area contributed by atoms with Crippen LogP contribution in [0.25, 0.3) is 0 Å². The third-order valence-electron chi connectivity index (χ3n) is 3.73. The summed E-state index contributed by atoms with van der Waals surface area (Å²) in [7, 11) is 2.03. The van der Waals surface area contributed by atoms with Crippen LogP contribution in [0.4, 0.5) is 5.69 Å². The highest BCUT2D eigenvalue weighted by atomic mass is 35.5. The summed E-state index contributed by atoms with van der Waals surface area (Å²) in [6, 6.07) is 9.53. The molecule has 0 aliphatic carbocycles. The quantitative estimate of drug-likeness (QED) is 0.844. The molecule has 0 aliphatic rings. The fourth-order valence-electron chi connectivity index (χ4n) is 2.22. The maximum absolute atomic E-state index is 12.1. The zero-order valence-corrected chi connectivity index (χ0v) is 14.3. The lowest BCUT2D eigenvalue weighted by molar-refractivity contribution is -0.116. The monoisotopic (exact) mass is 331 g/mol. The van der Waals surface area contributed by atoms with Gasteiger partial charge in [-0.3, -0.25) is 9.78 Å². The number of nitrogens with one attached hydrogen (secondary N) is 1. The van der Waals surface area contributed by atoms with Gasteiger partial charge in [0.05, 0.1) is 0 Å². The van der Waals surface area contributed by atoms with E-state index in [2.05, 4.69) is 15.2 Å². The molecule has 1 N–H and O–H groups in total. The van der Waals surface area contributed by atoms with Crippen LogP contribution in [-0.4, -0.2) is 35.9 Å². The van der Waals surface area contributed by atoms with Gasteiger partial charge in [-0.05, 0) is 55.8 Å². The highest BCUT2D eigenvalue weighted by Gasteiger charge is 2.07. The molecule has 5 heteroatoms. The average Bonchev–Trinajstić information content (AvgIpc) is 2.55.